The van der Waals surface area contributed by atoms with Crippen LogP contribution in [0.3, 0.4) is 0 Å². The first-order chi connectivity index (χ1) is 23.6. The van der Waals surface area contributed by atoms with Crippen molar-refractivity contribution in [3.63, 3.8) is 0 Å². The molecule has 1 aliphatic carbocycles. The predicted molar refractivity (Wildman–Crippen MR) is 179 cm³/mol. The van der Waals surface area contributed by atoms with Gasteiger partial charge in [0.2, 0.25) is 0 Å². The van der Waals surface area contributed by atoms with Crippen molar-refractivity contribution in [2.24, 2.45) is 5.92 Å². The highest BCUT2D eigenvalue weighted by atomic mass is 35.5. The predicted octanol–water partition coefficient (Wildman–Crippen LogP) is 5.89. The number of esters is 1. The molecule has 0 N–H and O–H groups in total. The van der Waals surface area contributed by atoms with Crippen LogP contribution >= 0.6 is 35.0 Å². The number of thioether (sulfide) groups is 1. The summed E-state index contributed by atoms with van der Waals surface area (Å²) in [5.74, 6) is -0.241. The molecule has 0 radical (unpaired) electrons. The van der Waals surface area contributed by atoms with Crippen molar-refractivity contribution in [2.45, 2.75) is 43.9 Å². The third kappa shape index (κ3) is 9.26. The van der Waals surface area contributed by atoms with Gasteiger partial charge < -0.3 is 29.1 Å². The number of hydrogen-bond acceptors (Lipinski definition) is 9. The lowest BCUT2D eigenvalue weighted by atomic mass is 10.0. The molecule has 3 aliphatic rings. The molecule has 49 heavy (non-hydrogen) atoms. The highest BCUT2D eigenvalue weighted by Crippen LogP contribution is 2.39. The number of carbonyl (C=O) groups is 2. The summed E-state index contributed by atoms with van der Waals surface area (Å²) in [6.07, 6.45) is 3.10. The number of amides is 1. The molecule has 0 spiro atoms. The van der Waals surface area contributed by atoms with Crippen molar-refractivity contribution in [2.75, 3.05) is 45.2 Å². The maximum absolute atomic E-state index is 13.9. The second-order valence-electron chi connectivity index (χ2n) is 12.1. The van der Waals surface area contributed by atoms with Gasteiger partial charge in [-0.1, -0.05) is 41.4 Å². The van der Waals surface area contributed by atoms with Gasteiger partial charge in [-0.2, -0.15) is 13.5 Å². The Labute approximate surface area is 296 Å². The molecule has 1 amide bonds. The minimum atomic E-state index is -3.08. The average molecular weight is 739 g/mol. The van der Waals surface area contributed by atoms with Crippen molar-refractivity contribution in [1.29, 1.82) is 0 Å². The molecule has 2 aliphatic heterocycles. The van der Waals surface area contributed by atoms with E-state index in [1.165, 1.54) is 34.9 Å². The first-order valence-corrected chi connectivity index (χ1v) is 17.8. The Kier molecular flexibility index (Phi) is 11.7. The molecular weight excluding hydrogens is 703 g/mol. The molecule has 3 aromatic rings. The zero-order chi connectivity index (χ0) is 34.5. The second-order valence-corrected chi connectivity index (χ2v) is 14.1. The Morgan fingerprint density at radius 2 is 1.73 bits per heavy atom. The molecule has 10 nitrogen and oxygen atoms in total. The Morgan fingerprint density at radius 1 is 1.02 bits per heavy atom. The van der Waals surface area contributed by atoms with Crippen LogP contribution < -0.4 is 14.2 Å². The third-order valence-corrected chi connectivity index (χ3v) is 10.3. The highest BCUT2D eigenvalue weighted by Gasteiger charge is 2.38. The molecule has 262 valence electrons. The quantitative estimate of drug-likeness (QED) is 0.121. The highest BCUT2D eigenvalue weighted by molar-refractivity contribution is 8.00. The Hall–Kier alpha value is -3.36. The fraction of sp³-hybridized carbons (Fsp3) is 0.441. The molecule has 0 bridgehead atoms. The molecule has 0 unspecified atom stereocenters. The monoisotopic (exact) mass is 737 g/mol. The summed E-state index contributed by atoms with van der Waals surface area (Å²) in [7, 11) is 0. The number of morpholine rings is 1. The van der Waals surface area contributed by atoms with E-state index in [2.05, 4.69) is 4.90 Å². The smallest absolute Gasteiger partial charge is 0.387 e. The standard InChI is InChI=1S/C34H35Cl2F2N3O7S/c35-26-18-40(44)19-27(36)25(26)16-29(24-7-8-28(48-34(37)38)30(15-24)46-20-22-1-2-22)47-33(43)32-41(11-14-49-32)31(42)23-5-3-21(4-6-23)17-39-9-12-45-13-10-39/h3-8,15,18-19,22,29,32,34H,1-2,9-14,16-17,20H2/t29-,32-/m0/s1. The van der Waals surface area contributed by atoms with E-state index in [-0.39, 0.29) is 33.9 Å². The summed E-state index contributed by atoms with van der Waals surface area (Å²) in [6, 6.07) is 11.7. The lowest BCUT2D eigenvalue weighted by molar-refractivity contribution is -0.605. The van der Waals surface area contributed by atoms with Crippen molar-refractivity contribution < 1.29 is 42.0 Å². The first kappa shape index (κ1) is 35.5. The van der Waals surface area contributed by atoms with E-state index < -0.39 is 24.1 Å². The van der Waals surface area contributed by atoms with E-state index in [0.717, 1.165) is 50.4 Å². The van der Waals surface area contributed by atoms with Crippen molar-refractivity contribution >= 4 is 46.8 Å². The van der Waals surface area contributed by atoms with Crippen molar-refractivity contribution in [3.8, 4) is 11.5 Å². The zero-order valence-corrected chi connectivity index (χ0v) is 28.7. The molecule has 2 atom stereocenters. The minimum absolute atomic E-state index is 0.0514. The van der Waals surface area contributed by atoms with Gasteiger partial charge in [-0.15, -0.1) is 11.8 Å². The van der Waals surface area contributed by atoms with Crippen LogP contribution in [0.4, 0.5) is 8.78 Å². The molecule has 3 heterocycles. The van der Waals surface area contributed by atoms with Gasteiger partial charge in [-0.3, -0.25) is 9.69 Å². The molecule has 1 aromatic heterocycles. The fourth-order valence-corrected chi connectivity index (χ4v) is 7.37. The molecule has 3 fully saturated rings. The van der Waals surface area contributed by atoms with Crippen LogP contribution in [0.25, 0.3) is 0 Å². The number of benzene rings is 2. The Bertz CT molecular complexity index is 1620. The molecule has 6 rings (SSSR count). The van der Waals surface area contributed by atoms with E-state index in [4.69, 9.17) is 42.1 Å². The van der Waals surface area contributed by atoms with Crippen LogP contribution in [-0.2, 0) is 27.2 Å². The number of carbonyl (C=O) groups excluding carboxylic acids is 2. The molecule has 2 aromatic carbocycles. The number of pyridine rings is 1. The van der Waals surface area contributed by atoms with E-state index in [9.17, 15) is 23.6 Å². The van der Waals surface area contributed by atoms with Gasteiger partial charge in [0.15, 0.2) is 29.3 Å². The van der Waals surface area contributed by atoms with E-state index in [1.807, 2.05) is 12.1 Å². The van der Waals surface area contributed by atoms with Gasteiger partial charge in [0, 0.05) is 49.5 Å². The summed E-state index contributed by atoms with van der Waals surface area (Å²) in [5, 5.41) is 11.1. The fourth-order valence-electron chi connectivity index (χ4n) is 5.67. The number of rotatable bonds is 13. The maximum atomic E-state index is 13.9. The Balaban J connectivity index is 1.22. The Morgan fingerprint density at radius 3 is 2.41 bits per heavy atom. The van der Waals surface area contributed by atoms with Crippen LogP contribution in [0, 0.1) is 11.1 Å². The number of ether oxygens (including phenoxy) is 4. The SMILES string of the molecule is O=C(O[C@@H](Cc1c(Cl)c[n+]([O-])cc1Cl)c1ccc(OC(F)F)c(OCC2CC2)c1)[C@@H]1SCCN1C(=O)c1ccc(CN2CCOCC2)cc1. The summed E-state index contributed by atoms with van der Waals surface area (Å²) in [5.41, 5.74) is 2.25. The molecular formula is C34H35Cl2F2N3O7S. The van der Waals surface area contributed by atoms with Crippen LogP contribution in [-0.4, -0.2) is 78.9 Å². The number of halogens is 4. The van der Waals surface area contributed by atoms with Gasteiger partial charge in [-0.25, -0.2) is 4.79 Å². The van der Waals surface area contributed by atoms with Gasteiger partial charge in [0.25, 0.3) is 5.91 Å². The van der Waals surface area contributed by atoms with Gasteiger partial charge in [-0.05, 0) is 54.2 Å². The molecule has 15 heteroatoms. The normalized spacial score (nSPS) is 18.8. The van der Waals surface area contributed by atoms with Crippen LogP contribution in [0.2, 0.25) is 10.0 Å². The minimum Gasteiger partial charge on any atom is -0.619 e. The maximum Gasteiger partial charge on any atom is 0.387 e. The number of alkyl halides is 2. The number of nitrogens with zero attached hydrogens (tertiary/aromatic N) is 3. The third-order valence-electron chi connectivity index (χ3n) is 8.50. The van der Waals surface area contributed by atoms with Crippen LogP contribution in [0.1, 0.15) is 46.0 Å². The summed E-state index contributed by atoms with van der Waals surface area (Å²) in [4.78, 5) is 31.3. The topological polar surface area (TPSA) is 104 Å². The average Bonchev–Trinajstić information content (AvgIpc) is 3.78. The van der Waals surface area contributed by atoms with Crippen molar-refractivity contribution in [3.05, 3.63) is 92.4 Å². The number of aromatic nitrogens is 1. The first-order valence-electron chi connectivity index (χ1n) is 15.9. The van der Waals surface area contributed by atoms with Crippen molar-refractivity contribution in [1.82, 2.24) is 9.80 Å². The summed E-state index contributed by atoms with van der Waals surface area (Å²) >= 11 is 14.1. The van der Waals surface area contributed by atoms with E-state index in [0.29, 0.717) is 59.5 Å². The number of hydrogen-bond donors (Lipinski definition) is 0. The van der Waals surface area contributed by atoms with E-state index in [1.54, 1.807) is 12.1 Å². The zero-order valence-electron chi connectivity index (χ0n) is 26.4. The van der Waals surface area contributed by atoms with Gasteiger partial charge >= 0.3 is 12.6 Å². The van der Waals surface area contributed by atoms with Crippen LogP contribution in [0.15, 0.2) is 54.9 Å². The largest absolute Gasteiger partial charge is 0.619 e. The summed E-state index contributed by atoms with van der Waals surface area (Å²) in [6.45, 7) is 1.41. The van der Waals surface area contributed by atoms with Gasteiger partial charge in [0.05, 0.1) is 19.8 Å². The van der Waals surface area contributed by atoms with Crippen LogP contribution in [0.5, 0.6) is 11.5 Å². The molecule has 1 saturated carbocycles. The lowest BCUT2D eigenvalue weighted by Gasteiger charge is -2.27. The van der Waals surface area contributed by atoms with Gasteiger partial charge in [0.1, 0.15) is 16.1 Å². The lowest BCUT2D eigenvalue weighted by Crippen LogP contribution is -2.40. The van der Waals surface area contributed by atoms with E-state index >= 15 is 0 Å². The second kappa shape index (κ2) is 16.1. The summed E-state index contributed by atoms with van der Waals surface area (Å²) < 4.78 is 49.0. The molecule has 2 saturated heterocycles.